The monoisotopic (exact) mass is 389 g/mol. The lowest BCUT2D eigenvalue weighted by Crippen LogP contribution is -2.34. The van der Waals surface area contributed by atoms with Crippen LogP contribution in [0.1, 0.15) is 12.8 Å². The van der Waals surface area contributed by atoms with Crippen molar-refractivity contribution in [2.45, 2.75) is 12.8 Å². The molecule has 0 bridgehead atoms. The van der Waals surface area contributed by atoms with E-state index in [-0.39, 0.29) is 41.9 Å². The number of halogens is 1. The highest BCUT2D eigenvalue weighted by atomic mass is 35.5. The molecule has 0 aliphatic carbocycles. The van der Waals surface area contributed by atoms with Crippen molar-refractivity contribution in [3.05, 3.63) is 33.3 Å². The smallest absolute Gasteiger partial charge is 0.306 e. The van der Waals surface area contributed by atoms with Crippen molar-refractivity contribution in [1.82, 2.24) is 5.32 Å². The fraction of sp³-hybridized carbons (Fsp3) is 0.357. The molecule has 0 atom stereocenters. The Kier molecular flexibility index (Phi) is 8.75. The van der Waals surface area contributed by atoms with E-state index in [1.807, 2.05) is 0 Å². The molecule has 11 heteroatoms. The Morgan fingerprint density at radius 1 is 1.32 bits per heavy atom. The Morgan fingerprint density at radius 3 is 2.68 bits per heavy atom. The van der Waals surface area contributed by atoms with Gasteiger partial charge in [0.2, 0.25) is 5.91 Å². The molecule has 1 amide bonds. The van der Waals surface area contributed by atoms with Gasteiger partial charge in [-0.1, -0.05) is 11.6 Å². The Bertz CT molecular complexity index is 670. The minimum absolute atomic E-state index is 0.0162. The van der Waals surface area contributed by atoms with Crippen LogP contribution in [0.2, 0.25) is 5.02 Å². The Balaban J connectivity index is 2.43. The quantitative estimate of drug-likeness (QED) is 0.228. The molecule has 1 aromatic rings. The summed E-state index contributed by atoms with van der Waals surface area (Å²) in [5.74, 6) is -1.02. The molecular formula is C14H16ClN3O6S. The van der Waals surface area contributed by atoms with Crippen molar-refractivity contribution in [1.29, 1.82) is 0 Å². The van der Waals surface area contributed by atoms with E-state index >= 15 is 0 Å². The zero-order valence-electron chi connectivity index (χ0n) is 13.2. The number of thiocarbonyl (C=S) groups is 1. The molecule has 0 aliphatic heterocycles. The van der Waals surface area contributed by atoms with Crippen LogP contribution >= 0.6 is 23.8 Å². The van der Waals surface area contributed by atoms with Crippen LogP contribution in [0.25, 0.3) is 0 Å². The highest BCUT2D eigenvalue weighted by Crippen LogP contribution is 2.27. The van der Waals surface area contributed by atoms with Crippen molar-refractivity contribution in [2.75, 3.05) is 25.6 Å². The zero-order valence-corrected chi connectivity index (χ0v) is 14.8. The normalized spacial score (nSPS) is 10.0. The average Bonchev–Trinajstić information content (AvgIpc) is 2.54. The number of hydrogen-bond donors (Lipinski definition) is 2. The summed E-state index contributed by atoms with van der Waals surface area (Å²) in [4.78, 5) is 33.2. The Morgan fingerprint density at radius 2 is 2.04 bits per heavy atom. The third kappa shape index (κ3) is 7.88. The molecule has 0 radical (unpaired) electrons. The lowest BCUT2D eigenvalue weighted by Gasteiger charge is -2.10. The van der Waals surface area contributed by atoms with E-state index in [1.54, 1.807) is 0 Å². The molecular weight excluding hydrogens is 374 g/mol. The fourth-order valence-corrected chi connectivity index (χ4v) is 2.03. The van der Waals surface area contributed by atoms with Crippen molar-refractivity contribution in [3.8, 4) is 0 Å². The molecule has 0 saturated carbocycles. The van der Waals surface area contributed by atoms with E-state index in [4.69, 9.17) is 33.3 Å². The molecule has 136 valence electrons. The number of benzene rings is 1. The van der Waals surface area contributed by atoms with Gasteiger partial charge in [0.05, 0.1) is 18.0 Å². The lowest BCUT2D eigenvalue weighted by atomic mass is 10.3. The van der Waals surface area contributed by atoms with Gasteiger partial charge < -0.3 is 20.1 Å². The standard InChI is InChI=1S/C14H16ClN3O6S/c1-23-6-7-24-13(20)5-4-12(19)17-14(25)16-9-2-3-10(15)11(8-9)18(21)22/h2-3,8H,4-7H2,1H3,(H2,16,17,19,25). The number of amides is 1. The largest absolute Gasteiger partial charge is 0.463 e. The van der Waals surface area contributed by atoms with Gasteiger partial charge >= 0.3 is 5.97 Å². The van der Waals surface area contributed by atoms with Crippen LogP contribution < -0.4 is 10.6 Å². The number of nitrogens with one attached hydrogen (secondary N) is 2. The first-order valence-electron chi connectivity index (χ1n) is 7.02. The summed E-state index contributed by atoms with van der Waals surface area (Å²) in [6, 6.07) is 4.00. The van der Waals surface area contributed by atoms with Crippen molar-refractivity contribution >= 4 is 52.2 Å². The van der Waals surface area contributed by atoms with Crippen molar-refractivity contribution in [2.24, 2.45) is 0 Å². The summed E-state index contributed by atoms with van der Waals surface area (Å²) in [7, 11) is 1.48. The predicted molar refractivity (Wildman–Crippen MR) is 94.5 cm³/mol. The summed E-state index contributed by atoms with van der Waals surface area (Å²) in [6.07, 6.45) is -0.223. The minimum atomic E-state index is -0.635. The maximum Gasteiger partial charge on any atom is 0.306 e. The number of rotatable bonds is 8. The molecule has 0 spiro atoms. The van der Waals surface area contributed by atoms with Gasteiger partial charge in [0, 0.05) is 25.3 Å². The number of anilines is 1. The average molecular weight is 390 g/mol. The SMILES string of the molecule is COCCOC(=O)CCC(=O)NC(=S)Nc1ccc(Cl)c([N+](=O)[O-])c1. The molecule has 25 heavy (non-hydrogen) atoms. The van der Waals surface area contributed by atoms with Crippen molar-refractivity contribution in [3.63, 3.8) is 0 Å². The highest BCUT2D eigenvalue weighted by molar-refractivity contribution is 7.80. The second-order valence-corrected chi connectivity index (χ2v) is 5.45. The summed E-state index contributed by atoms with van der Waals surface area (Å²) in [5, 5.41) is 15.7. The van der Waals surface area contributed by atoms with Gasteiger partial charge in [-0.05, 0) is 24.4 Å². The third-order valence-electron chi connectivity index (χ3n) is 2.76. The van der Waals surface area contributed by atoms with E-state index in [0.29, 0.717) is 5.69 Å². The van der Waals surface area contributed by atoms with E-state index < -0.39 is 16.8 Å². The van der Waals surface area contributed by atoms with Crippen LogP contribution in [-0.2, 0) is 19.1 Å². The molecule has 0 aromatic heterocycles. The molecule has 0 heterocycles. The number of nitrogens with zero attached hydrogens (tertiary/aromatic N) is 1. The van der Waals surface area contributed by atoms with Gasteiger partial charge in [0.15, 0.2) is 5.11 Å². The number of carbonyl (C=O) groups excluding carboxylic acids is 2. The Labute approximate surface area is 153 Å². The molecule has 2 N–H and O–H groups in total. The van der Waals surface area contributed by atoms with E-state index in [0.717, 1.165) is 0 Å². The number of carbonyl (C=O) groups is 2. The van der Waals surface area contributed by atoms with E-state index in [1.165, 1.54) is 25.3 Å². The van der Waals surface area contributed by atoms with Crippen LogP contribution in [0, 0.1) is 10.1 Å². The van der Waals surface area contributed by atoms with Gasteiger partial charge in [-0.3, -0.25) is 19.7 Å². The topological polar surface area (TPSA) is 120 Å². The maximum atomic E-state index is 11.7. The summed E-state index contributed by atoms with van der Waals surface area (Å²) < 4.78 is 9.54. The van der Waals surface area contributed by atoms with Crippen LogP contribution in [0.5, 0.6) is 0 Å². The molecule has 0 saturated heterocycles. The lowest BCUT2D eigenvalue weighted by molar-refractivity contribution is -0.384. The zero-order chi connectivity index (χ0) is 18.8. The number of ether oxygens (including phenoxy) is 2. The fourth-order valence-electron chi connectivity index (χ4n) is 1.61. The van der Waals surface area contributed by atoms with Crippen LogP contribution in [-0.4, -0.2) is 42.2 Å². The van der Waals surface area contributed by atoms with Crippen LogP contribution in [0.4, 0.5) is 11.4 Å². The van der Waals surface area contributed by atoms with Gasteiger partial charge in [-0.25, -0.2) is 0 Å². The van der Waals surface area contributed by atoms with Crippen molar-refractivity contribution < 1.29 is 24.0 Å². The van der Waals surface area contributed by atoms with Crippen LogP contribution in [0.15, 0.2) is 18.2 Å². The number of methoxy groups -OCH3 is 1. The first-order chi connectivity index (χ1) is 11.8. The van der Waals surface area contributed by atoms with E-state index in [9.17, 15) is 19.7 Å². The van der Waals surface area contributed by atoms with Gasteiger partial charge in [-0.2, -0.15) is 0 Å². The van der Waals surface area contributed by atoms with Gasteiger partial charge in [-0.15, -0.1) is 0 Å². The Hall–Kier alpha value is -2.30. The molecule has 0 fully saturated rings. The first kappa shape index (κ1) is 20.7. The highest BCUT2D eigenvalue weighted by Gasteiger charge is 2.14. The van der Waals surface area contributed by atoms with Gasteiger partial charge in [0.25, 0.3) is 5.69 Å². The van der Waals surface area contributed by atoms with E-state index in [2.05, 4.69) is 10.6 Å². The number of nitro groups is 1. The molecule has 1 aromatic carbocycles. The summed E-state index contributed by atoms with van der Waals surface area (Å²) >= 11 is 10.6. The molecule has 1 rings (SSSR count). The number of esters is 1. The maximum absolute atomic E-state index is 11.7. The third-order valence-corrected chi connectivity index (χ3v) is 3.28. The minimum Gasteiger partial charge on any atom is -0.463 e. The first-order valence-corrected chi connectivity index (χ1v) is 7.81. The predicted octanol–water partition coefficient (Wildman–Crippen LogP) is 2.03. The molecule has 0 unspecified atom stereocenters. The number of nitro benzene ring substituents is 1. The molecule has 0 aliphatic rings. The van der Waals surface area contributed by atoms with Crippen LogP contribution in [0.3, 0.4) is 0 Å². The summed E-state index contributed by atoms with van der Waals surface area (Å²) in [5.41, 5.74) is -0.0000252. The number of hydrogen-bond acceptors (Lipinski definition) is 7. The second-order valence-electron chi connectivity index (χ2n) is 4.64. The summed E-state index contributed by atoms with van der Waals surface area (Å²) in [6.45, 7) is 0.394. The molecule has 9 nitrogen and oxygen atoms in total. The van der Waals surface area contributed by atoms with Gasteiger partial charge in [0.1, 0.15) is 11.6 Å². The second kappa shape index (κ2) is 10.5.